The highest BCUT2D eigenvalue weighted by atomic mass is 16.7. The molecule has 0 bridgehead atoms. The summed E-state index contributed by atoms with van der Waals surface area (Å²) in [4.78, 5) is 4.45. The molecule has 1 atom stereocenters. The zero-order valence-corrected chi connectivity index (χ0v) is 12.2. The third kappa shape index (κ3) is 3.33. The molecule has 0 aliphatic heterocycles. The van der Waals surface area contributed by atoms with E-state index in [0.717, 1.165) is 22.2 Å². The van der Waals surface area contributed by atoms with E-state index in [0.29, 0.717) is 13.2 Å². The molecule has 4 nitrogen and oxygen atoms in total. The van der Waals surface area contributed by atoms with Crippen molar-refractivity contribution in [2.75, 3.05) is 13.2 Å². The van der Waals surface area contributed by atoms with Gasteiger partial charge >= 0.3 is 0 Å². The summed E-state index contributed by atoms with van der Waals surface area (Å²) < 4.78 is 10.9. The van der Waals surface area contributed by atoms with Crippen molar-refractivity contribution in [3.05, 3.63) is 41.6 Å². The molecule has 4 heteroatoms. The number of aliphatic hydroxyl groups is 1. The molecule has 1 aromatic carbocycles. The number of aliphatic hydroxyl groups excluding tert-OH is 1. The fraction of sp³-hybridized carbons (Fsp3) is 0.438. The Morgan fingerprint density at radius 3 is 2.45 bits per heavy atom. The maximum atomic E-state index is 10.4. The molecular formula is C16H21NO3. The number of rotatable bonds is 6. The SMILES string of the molecule is CCOC(OCC)C(O)c1ccc2nc(C)ccc2c1. The van der Waals surface area contributed by atoms with Crippen molar-refractivity contribution >= 4 is 10.9 Å². The fourth-order valence-electron chi connectivity index (χ4n) is 2.15. The van der Waals surface area contributed by atoms with Crippen LogP contribution in [0, 0.1) is 6.92 Å². The Morgan fingerprint density at radius 1 is 1.10 bits per heavy atom. The van der Waals surface area contributed by atoms with E-state index in [1.165, 1.54) is 0 Å². The molecule has 1 heterocycles. The average molecular weight is 275 g/mol. The van der Waals surface area contributed by atoms with Gasteiger partial charge in [0.05, 0.1) is 5.52 Å². The normalized spacial score (nSPS) is 13.1. The molecule has 2 rings (SSSR count). The van der Waals surface area contributed by atoms with Crippen LogP contribution in [-0.2, 0) is 9.47 Å². The highest BCUT2D eigenvalue weighted by molar-refractivity contribution is 5.79. The van der Waals surface area contributed by atoms with Crippen LogP contribution in [0.1, 0.15) is 31.2 Å². The summed E-state index contributed by atoms with van der Waals surface area (Å²) in [5, 5.41) is 11.4. The van der Waals surface area contributed by atoms with Gasteiger partial charge in [-0.05, 0) is 44.5 Å². The number of benzene rings is 1. The monoisotopic (exact) mass is 275 g/mol. The van der Waals surface area contributed by atoms with E-state index in [2.05, 4.69) is 4.98 Å². The van der Waals surface area contributed by atoms with E-state index in [1.807, 2.05) is 51.1 Å². The molecule has 0 spiro atoms. The third-order valence-electron chi connectivity index (χ3n) is 3.11. The molecule has 2 aromatic rings. The Morgan fingerprint density at radius 2 is 1.80 bits per heavy atom. The number of hydrogen-bond donors (Lipinski definition) is 1. The fourth-order valence-corrected chi connectivity index (χ4v) is 2.15. The molecule has 1 aromatic heterocycles. The summed E-state index contributed by atoms with van der Waals surface area (Å²) in [5.41, 5.74) is 2.67. The predicted octanol–water partition coefficient (Wildman–Crippen LogP) is 2.98. The number of nitrogens with zero attached hydrogens (tertiary/aromatic N) is 1. The summed E-state index contributed by atoms with van der Waals surface area (Å²) >= 11 is 0. The van der Waals surface area contributed by atoms with Crippen molar-refractivity contribution in [2.24, 2.45) is 0 Å². The average Bonchev–Trinajstić information content (AvgIpc) is 2.45. The minimum absolute atomic E-state index is 0.496. The summed E-state index contributed by atoms with van der Waals surface area (Å²) in [7, 11) is 0. The molecule has 108 valence electrons. The molecule has 20 heavy (non-hydrogen) atoms. The van der Waals surface area contributed by atoms with Gasteiger partial charge in [0.25, 0.3) is 0 Å². The van der Waals surface area contributed by atoms with Crippen LogP contribution < -0.4 is 0 Å². The second-order valence-corrected chi connectivity index (χ2v) is 4.63. The molecule has 0 fully saturated rings. The number of aryl methyl sites for hydroxylation is 1. The maximum absolute atomic E-state index is 10.4. The van der Waals surface area contributed by atoms with Crippen LogP contribution in [0.15, 0.2) is 30.3 Å². The van der Waals surface area contributed by atoms with Crippen LogP contribution >= 0.6 is 0 Å². The van der Waals surface area contributed by atoms with Crippen molar-refractivity contribution in [3.63, 3.8) is 0 Å². The highest BCUT2D eigenvalue weighted by Crippen LogP contribution is 2.24. The second-order valence-electron chi connectivity index (χ2n) is 4.63. The zero-order valence-electron chi connectivity index (χ0n) is 12.2. The van der Waals surface area contributed by atoms with E-state index >= 15 is 0 Å². The lowest BCUT2D eigenvalue weighted by atomic mass is 10.1. The molecule has 0 amide bonds. The van der Waals surface area contributed by atoms with Crippen LogP contribution in [0.5, 0.6) is 0 Å². The highest BCUT2D eigenvalue weighted by Gasteiger charge is 2.21. The molecule has 0 aliphatic rings. The number of aromatic nitrogens is 1. The Kier molecular flexibility index (Phi) is 5.06. The van der Waals surface area contributed by atoms with Crippen LogP contribution in [0.25, 0.3) is 10.9 Å². The molecule has 0 radical (unpaired) electrons. The number of fused-ring (bicyclic) bond motifs is 1. The minimum Gasteiger partial charge on any atom is -0.383 e. The number of pyridine rings is 1. The standard InChI is InChI=1S/C16H21NO3/c1-4-19-16(20-5-2)15(18)13-8-9-14-12(10-13)7-6-11(3)17-14/h6-10,15-16,18H,4-5H2,1-3H3. The summed E-state index contributed by atoms with van der Waals surface area (Å²) in [6.45, 7) is 6.71. The first-order valence-electron chi connectivity index (χ1n) is 6.94. The third-order valence-corrected chi connectivity index (χ3v) is 3.11. The Labute approximate surface area is 119 Å². The van der Waals surface area contributed by atoms with Gasteiger partial charge in [0, 0.05) is 24.3 Å². The van der Waals surface area contributed by atoms with Gasteiger partial charge in [-0.3, -0.25) is 4.98 Å². The van der Waals surface area contributed by atoms with E-state index in [1.54, 1.807) is 0 Å². The molecule has 1 unspecified atom stereocenters. The smallest absolute Gasteiger partial charge is 0.187 e. The molecule has 0 aliphatic carbocycles. The summed E-state index contributed by atoms with van der Waals surface area (Å²) in [6.07, 6.45) is -1.44. The Balaban J connectivity index is 2.28. The second kappa shape index (κ2) is 6.79. The zero-order chi connectivity index (χ0) is 14.5. The van der Waals surface area contributed by atoms with Gasteiger partial charge in [-0.2, -0.15) is 0 Å². The molecular weight excluding hydrogens is 254 g/mol. The lowest BCUT2D eigenvalue weighted by Gasteiger charge is -2.23. The van der Waals surface area contributed by atoms with Gasteiger partial charge in [-0.1, -0.05) is 12.1 Å². The van der Waals surface area contributed by atoms with Crippen LogP contribution in [0.4, 0.5) is 0 Å². The van der Waals surface area contributed by atoms with Crippen molar-refractivity contribution < 1.29 is 14.6 Å². The first-order chi connectivity index (χ1) is 9.65. The Bertz CT molecular complexity index is 565. The van der Waals surface area contributed by atoms with Crippen molar-refractivity contribution in [2.45, 2.75) is 33.2 Å². The van der Waals surface area contributed by atoms with E-state index < -0.39 is 12.4 Å². The lowest BCUT2D eigenvalue weighted by molar-refractivity contribution is -0.191. The number of hydrogen-bond acceptors (Lipinski definition) is 4. The van der Waals surface area contributed by atoms with Gasteiger partial charge in [-0.15, -0.1) is 0 Å². The van der Waals surface area contributed by atoms with Gasteiger partial charge in [-0.25, -0.2) is 0 Å². The molecule has 0 saturated heterocycles. The summed E-state index contributed by atoms with van der Waals surface area (Å²) in [5.74, 6) is 0. The number of ether oxygens (including phenoxy) is 2. The van der Waals surface area contributed by atoms with Crippen molar-refractivity contribution in [1.29, 1.82) is 0 Å². The predicted molar refractivity (Wildman–Crippen MR) is 78.5 cm³/mol. The van der Waals surface area contributed by atoms with E-state index in [4.69, 9.17) is 9.47 Å². The van der Waals surface area contributed by atoms with Crippen LogP contribution in [-0.4, -0.2) is 29.6 Å². The van der Waals surface area contributed by atoms with E-state index in [-0.39, 0.29) is 0 Å². The van der Waals surface area contributed by atoms with Gasteiger partial charge in [0.15, 0.2) is 6.29 Å². The largest absolute Gasteiger partial charge is 0.383 e. The minimum atomic E-state index is -0.805. The van der Waals surface area contributed by atoms with Gasteiger partial charge < -0.3 is 14.6 Å². The van der Waals surface area contributed by atoms with Crippen molar-refractivity contribution in [1.82, 2.24) is 4.98 Å². The van der Waals surface area contributed by atoms with Gasteiger partial charge in [0.1, 0.15) is 6.10 Å². The van der Waals surface area contributed by atoms with E-state index in [9.17, 15) is 5.11 Å². The van der Waals surface area contributed by atoms with Gasteiger partial charge in [0.2, 0.25) is 0 Å². The van der Waals surface area contributed by atoms with Crippen molar-refractivity contribution in [3.8, 4) is 0 Å². The lowest BCUT2D eigenvalue weighted by Crippen LogP contribution is -2.25. The maximum Gasteiger partial charge on any atom is 0.187 e. The topological polar surface area (TPSA) is 51.6 Å². The summed E-state index contributed by atoms with van der Waals surface area (Å²) in [6, 6.07) is 9.67. The Hall–Kier alpha value is -1.49. The molecule has 1 N–H and O–H groups in total. The van der Waals surface area contributed by atoms with Crippen LogP contribution in [0.3, 0.4) is 0 Å². The van der Waals surface area contributed by atoms with Crippen LogP contribution in [0.2, 0.25) is 0 Å². The quantitative estimate of drug-likeness (QED) is 0.823. The molecule has 0 saturated carbocycles. The first-order valence-corrected chi connectivity index (χ1v) is 6.94. The first kappa shape index (κ1) is 14.9.